The number of anilines is 1. The van der Waals surface area contributed by atoms with Crippen molar-refractivity contribution < 1.29 is 22.4 Å². The summed E-state index contributed by atoms with van der Waals surface area (Å²) in [6.07, 6.45) is -3.21. The van der Waals surface area contributed by atoms with Crippen LogP contribution in [-0.2, 0) is 17.4 Å². The van der Waals surface area contributed by atoms with Gasteiger partial charge < -0.3 is 9.73 Å². The maximum Gasteiger partial charge on any atom is 0.416 e. The summed E-state index contributed by atoms with van der Waals surface area (Å²) in [5.41, 5.74) is 0.127. The van der Waals surface area contributed by atoms with Crippen molar-refractivity contribution in [2.45, 2.75) is 12.6 Å². The molecule has 3 rings (SSSR count). The van der Waals surface area contributed by atoms with E-state index in [4.69, 9.17) is 27.6 Å². The second kappa shape index (κ2) is 6.61. The molecule has 0 aliphatic rings. The van der Waals surface area contributed by atoms with E-state index in [-0.39, 0.29) is 17.1 Å². The molecule has 0 saturated carbocycles. The SMILES string of the molecule is O=C(Cc1coc2ccc(Cl)cc12)Nc1cc(C(F)(F)F)ccc1Cl. The predicted octanol–water partition coefficient (Wildman–Crippen LogP) is 5.94. The summed E-state index contributed by atoms with van der Waals surface area (Å²) in [6.45, 7) is 0. The highest BCUT2D eigenvalue weighted by atomic mass is 35.5. The standard InChI is InChI=1S/C17H10Cl2F3NO2/c18-11-2-4-15-12(7-11)9(8-25-15)5-16(24)23-14-6-10(17(20,21)22)1-3-13(14)19/h1-4,6-8H,5H2,(H,23,24). The Kier molecular flexibility index (Phi) is 4.67. The van der Waals surface area contributed by atoms with Crippen molar-refractivity contribution in [3.8, 4) is 0 Å². The first kappa shape index (κ1) is 17.6. The molecule has 0 spiro atoms. The number of hydrogen-bond acceptors (Lipinski definition) is 2. The molecular weight excluding hydrogens is 378 g/mol. The molecule has 130 valence electrons. The van der Waals surface area contributed by atoms with Gasteiger partial charge in [-0.2, -0.15) is 13.2 Å². The zero-order valence-electron chi connectivity index (χ0n) is 12.5. The Balaban J connectivity index is 1.82. The third-order valence-corrected chi connectivity index (χ3v) is 4.10. The first-order valence-electron chi connectivity index (χ1n) is 7.06. The highest BCUT2D eigenvalue weighted by molar-refractivity contribution is 6.33. The molecule has 0 atom stereocenters. The molecule has 3 nitrogen and oxygen atoms in total. The summed E-state index contributed by atoms with van der Waals surface area (Å²) in [7, 11) is 0. The minimum Gasteiger partial charge on any atom is -0.464 e. The van der Waals surface area contributed by atoms with Crippen molar-refractivity contribution in [1.82, 2.24) is 0 Å². The number of fused-ring (bicyclic) bond motifs is 1. The molecule has 2 aromatic carbocycles. The molecule has 3 aromatic rings. The van der Waals surface area contributed by atoms with Gasteiger partial charge in [-0.3, -0.25) is 4.79 Å². The van der Waals surface area contributed by atoms with Gasteiger partial charge in [0.05, 0.1) is 29.0 Å². The monoisotopic (exact) mass is 387 g/mol. The number of carbonyl (C=O) groups is 1. The van der Waals surface area contributed by atoms with Crippen LogP contribution >= 0.6 is 23.2 Å². The van der Waals surface area contributed by atoms with E-state index in [9.17, 15) is 18.0 Å². The molecule has 0 saturated heterocycles. The van der Waals surface area contributed by atoms with Crippen LogP contribution in [0.5, 0.6) is 0 Å². The van der Waals surface area contributed by atoms with Crippen molar-refractivity contribution in [2.24, 2.45) is 0 Å². The molecule has 0 unspecified atom stereocenters. The van der Waals surface area contributed by atoms with Gasteiger partial charge in [-0.05, 0) is 36.4 Å². The van der Waals surface area contributed by atoms with Crippen LogP contribution in [-0.4, -0.2) is 5.91 Å². The van der Waals surface area contributed by atoms with Crippen molar-refractivity contribution in [3.63, 3.8) is 0 Å². The molecular formula is C17H10Cl2F3NO2. The number of benzene rings is 2. The van der Waals surface area contributed by atoms with Crippen molar-refractivity contribution >= 4 is 45.8 Å². The zero-order chi connectivity index (χ0) is 18.2. The Morgan fingerprint density at radius 3 is 2.60 bits per heavy atom. The second-order valence-electron chi connectivity index (χ2n) is 5.32. The van der Waals surface area contributed by atoms with Crippen LogP contribution in [0.25, 0.3) is 11.0 Å². The van der Waals surface area contributed by atoms with Crippen molar-refractivity contribution in [3.05, 3.63) is 63.8 Å². The van der Waals surface area contributed by atoms with E-state index < -0.39 is 17.6 Å². The maximum atomic E-state index is 12.8. The molecule has 1 heterocycles. The summed E-state index contributed by atoms with van der Waals surface area (Å²) >= 11 is 11.8. The highest BCUT2D eigenvalue weighted by Crippen LogP contribution is 2.34. The Labute approximate surface area is 150 Å². The summed E-state index contributed by atoms with van der Waals surface area (Å²) < 4.78 is 43.7. The van der Waals surface area contributed by atoms with E-state index >= 15 is 0 Å². The molecule has 25 heavy (non-hydrogen) atoms. The van der Waals surface area contributed by atoms with Crippen LogP contribution in [0.3, 0.4) is 0 Å². The van der Waals surface area contributed by atoms with Gasteiger partial charge in [-0.15, -0.1) is 0 Å². The number of amides is 1. The number of hydrogen-bond donors (Lipinski definition) is 1. The minimum absolute atomic E-state index is 0.0152. The summed E-state index contributed by atoms with van der Waals surface area (Å²) in [5.74, 6) is -0.524. The lowest BCUT2D eigenvalue weighted by Crippen LogP contribution is -2.15. The highest BCUT2D eigenvalue weighted by Gasteiger charge is 2.31. The normalized spacial score (nSPS) is 11.7. The fraction of sp³-hybridized carbons (Fsp3) is 0.118. The molecule has 0 aliphatic carbocycles. The van der Waals surface area contributed by atoms with E-state index in [2.05, 4.69) is 5.32 Å². The Morgan fingerprint density at radius 2 is 1.88 bits per heavy atom. The molecule has 0 bridgehead atoms. The third kappa shape index (κ3) is 3.91. The van der Waals surface area contributed by atoms with Crippen LogP contribution in [0.1, 0.15) is 11.1 Å². The van der Waals surface area contributed by atoms with Gasteiger partial charge in [0.25, 0.3) is 0 Å². The fourth-order valence-corrected chi connectivity index (χ4v) is 2.69. The van der Waals surface area contributed by atoms with Gasteiger partial charge in [0.1, 0.15) is 5.58 Å². The number of halogens is 5. The van der Waals surface area contributed by atoms with E-state index in [0.717, 1.165) is 18.2 Å². The first-order chi connectivity index (χ1) is 11.7. The first-order valence-corrected chi connectivity index (χ1v) is 7.82. The summed E-state index contributed by atoms with van der Waals surface area (Å²) in [4.78, 5) is 12.2. The van der Waals surface area contributed by atoms with E-state index in [0.29, 0.717) is 21.6 Å². The maximum absolute atomic E-state index is 12.8. The fourth-order valence-electron chi connectivity index (χ4n) is 2.36. The van der Waals surface area contributed by atoms with E-state index in [1.165, 1.54) is 6.26 Å². The zero-order valence-corrected chi connectivity index (χ0v) is 14.0. The minimum atomic E-state index is -4.53. The average molecular weight is 388 g/mol. The van der Waals surface area contributed by atoms with Crippen LogP contribution in [0, 0.1) is 0 Å². The molecule has 1 N–H and O–H groups in total. The van der Waals surface area contributed by atoms with Gasteiger partial charge in [0, 0.05) is 16.0 Å². The summed E-state index contributed by atoms with van der Waals surface area (Å²) in [5, 5.41) is 3.56. The summed E-state index contributed by atoms with van der Waals surface area (Å²) in [6, 6.07) is 7.71. The van der Waals surface area contributed by atoms with Gasteiger partial charge in [0.2, 0.25) is 5.91 Å². The number of carbonyl (C=O) groups excluding carboxylic acids is 1. The van der Waals surface area contributed by atoms with Crippen LogP contribution < -0.4 is 5.32 Å². The number of rotatable bonds is 3. The largest absolute Gasteiger partial charge is 0.464 e. The Hall–Kier alpha value is -2.18. The van der Waals surface area contributed by atoms with Crippen LogP contribution in [0.2, 0.25) is 10.0 Å². The lowest BCUT2D eigenvalue weighted by molar-refractivity contribution is -0.137. The topological polar surface area (TPSA) is 42.2 Å². The van der Waals surface area contributed by atoms with E-state index in [1.54, 1.807) is 18.2 Å². The number of alkyl halides is 3. The predicted molar refractivity (Wildman–Crippen MR) is 90.0 cm³/mol. The molecule has 8 heteroatoms. The lowest BCUT2D eigenvalue weighted by Gasteiger charge is -2.11. The molecule has 1 amide bonds. The van der Waals surface area contributed by atoms with Crippen LogP contribution in [0.4, 0.5) is 18.9 Å². The smallest absolute Gasteiger partial charge is 0.416 e. The molecule has 0 fully saturated rings. The van der Waals surface area contributed by atoms with E-state index in [1.807, 2.05) is 0 Å². The quantitative estimate of drug-likeness (QED) is 0.604. The second-order valence-corrected chi connectivity index (χ2v) is 6.16. The van der Waals surface area contributed by atoms with Crippen molar-refractivity contribution in [2.75, 3.05) is 5.32 Å². The Morgan fingerprint density at radius 1 is 1.12 bits per heavy atom. The van der Waals surface area contributed by atoms with Gasteiger partial charge in [-0.25, -0.2) is 0 Å². The third-order valence-electron chi connectivity index (χ3n) is 3.53. The van der Waals surface area contributed by atoms with Crippen molar-refractivity contribution in [1.29, 1.82) is 0 Å². The molecule has 1 aromatic heterocycles. The molecule has 0 aliphatic heterocycles. The van der Waals surface area contributed by atoms with Gasteiger partial charge >= 0.3 is 6.18 Å². The lowest BCUT2D eigenvalue weighted by atomic mass is 10.1. The van der Waals surface area contributed by atoms with Gasteiger partial charge in [0.15, 0.2) is 0 Å². The van der Waals surface area contributed by atoms with Crippen LogP contribution in [0.15, 0.2) is 47.1 Å². The number of furan rings is 1. The van der Waals surface area contributed by atoms with Gasteiger partial charge in [-0.1, -0.05) is 23.2 Å². The molecule has 0 radical (unpaired) electrons. The average Bonchev–Trinajstić information content (AvgIpc) is 2.90. The number of nitrogens with one attached hydrogen (secondary N) is 1. The Bertz CT molecular complexity index is 951.